The van der Waals surface area contributed by atoms with Crippen LogP contribution in [0.25, 0.3) is 0 Å². The van der Waals surface area contributed by atoms with Gasteiger partial charge in [0.15, 0.2) is 0 Å². The van der Waals surface area contributed by atoms with Crippen LogP contribution in [0.3, 0.4) is 0 Å². The zero-order valence-corrected chi connectivity index (χ0v) is 5.45. The standard InChI is InChI=1S/C5H10N2O3/c6-4(7-10)2-1-3-5(8)9/h10H,1-3H2,(H2,6,7)(H,8,9). The van der Waals surface area contributed by atoms with Crippen molar-refractivity contribution in [3.8, 4) is 0 Å². The SMILES string of the molecule is N/C(CCCC(=O)O)=N\O. The van der Waals surface area contributed by atoms with Gasteiger partial charge >= 0.3 is 5.97 Å². The number of oxime groups is 1. The minimum absolute atomic E-state index is 0.0518. The Labute approximate surface area is 58.1 Å². The lowest BCUT2D eigenvalue weighted by atomic mass is 10.2. The van der Waals surface area contributed by atoms with Crippen molar-refractivity contribution < 1.29 is 15.1 Å². The largest absolute Gasteiger partial charge is 0.481 e. The summed E-state index contributed by atoms with van der Waals surface area (Å²) in [4.78, 5) is 9.93. The number of hydrogen-bond acceptors (Lipinski definition) is 3. The molecule has 0 fully saturated rings. The molecule has 0 saturated heterocycles. The maximum Gasteiger partial charge on any atom is 0.303 e. The predicted molar refractivity (Wildman–Crippen MR) is 34.9 cm³/mol. The van der Waals surface area contributed by atoms with Crippen molar-refractivity contribution in [2.75, 3.05) is 0 Å². The molecular weight excluding hydrogens is 136 g/mol. The fraction of sp³-hybridized carbons (Fsp3) is 0.600. The highest BCUT2D eigenvalue weighted by molar-refractivity contribution is 5.80. The average molecular weight is 146 g/mol. The molecule has 5 heteroatoms. The van der Waals surface area contributed by atoms with Gasteiger partial charge in [0.1, 0.15) is 5.84 Å². The van der Waals surface area contributed by atoms with E-state index in [0.717, 1.165) is 0 Å². The van der Waals surface area contributed by atoms with Crippen LogP contribution in [0.1, 0.15) is 19.3 Å². The highest BCUT2D eigenvalue weighted by atomic mass is 16.4. The van der Waals surface area contributed by atoms with E-state index in [9.17, 15) is 4.79 Å². The smallest absolute Gasteiger partial charge is 0.303 e. The Morgan fingerprint density at radius 3 is 2.50 bits per heavy atom. The molecule has 0 unspecified atom stereocenters. The molecule has 5 nitrogen and oxygen atoms in total. The van der Waals surface area contributed by atoms with Crippen LogP contribution < -0.4 is 5.73 Å². The second-order valence-electron chi connectivity index (χ2n) is 1.84. The number of carboxylic acids is 1. The van der Waals surface area contributed by atoms with E-state index in [-0.39, 0.29) is 12.3 Å². The first-order chi connectivity index (χ1) is 4.66. The lowest BCUT2D eigenvalue weighted by molar-refractivity contribution is -0.137. The van der Waals surface area contributed by atoms with Gasteiger partial charge in [-0.15, -0.1) is 0 Å². The van der Waals surface area contributed by atoms with Gasteiger partial charge in [-0.1, -0.05) is 5.16 Å². The van der Waals surface area contributed by atoms with Crippen LogP contribution in [-0.4, -0.2) is 22.1 Å². The average Bonchev–Trinajstić information content (AvgIpc) is 1.87. The Kier molecular flexibility index (Phi) is 4.02. The highest BCUT2D eigenvalue weighted by Crippen LogP contribution is 1.93. The van der Waals surface area contributed by atoms with Crippen molar-refractivity contribution >= 4 is 11.8 Å². The lowest BCUT2D eigenvalue weighted by Crippen LogP contribution is -2.11. The Morgan fingerprint density at radius 1 is 1.50 bits per heavy atom. The van der Waals surface area contributed by atoms with Crippen LogP contribution in [0, 0.1) is 0 Å². The van der Waals surface area contributed by atoms with Gasteiger partial charge in [0.2, 0.25) is 0 Å². The summed E-state index contributed by atoms with van der Waals surface area (Å²) in [5, 5.41) is 18.9. The molecule has 0 aliphatic carbocycles. The van der Waals surface area contributed by atoms with Crippen LogP contribution >= 0.6 is 0 Å². The van der Waals surface area contributed by atoms with Gasteiger partial charge in [0.25, 0.3) is 0 Å². The Balaban J connectivity index is 3.29. The van der Waals surface area contributed by atoms with Gasteiger partial charge in [-0.2, -0.15) is 0 Å². The first kappa shape index (κ1) is 8.74. The van der Waals surface area contributed by atoms with Crippen LogP contribution in [0.5, 0.6) is 0 Å². The summed E-state index contributed by atoms with van der Waals surface area (Å²) < 4.78 is 0. The molecule has 0 amide bonds. The van der Waals surface area contributed by atoms with E-state index in [2.05, 4.69) is 5.16 Å². The van der Waals surface area contributed by atoms with Gasteiger partial charge in [-0.25, -0.2) is 0 Å². The molecule has 0 aromatic heterocycles. The van der Waals surface area contributed by atoms with Gasteiger partial charge in [0.05, 0.1) is 0 Å². The van der Waals surface area contributed by atoms with E-state index >= 15 is 0 Å². The Hall–Kier alpha value is -1.26. The van der Waals surface area contributed by atoms with Crippen LogP contribution in [0.15, 0.2) is 5.16 Å². The van der Waals surface area contributed by atoms with Gasteiger partial charge in [-0.3, -0.25) is 4.79 Å². The first-order valence-electron chi connectivity index (χ1n) is 2.85. The Morgan fingerprint density at radius 2 is 2.10 bits per heavy atom. The molecule has 0 aliphatic heterocycles. The van der Waals surface area contributed by atoms with Gasteiger partial charge < -0.3 is 16.0 Å². The summed E-state index contributed by atoms with van der Waals surface area (Å²) in [6, 6.07) is 0. The van der Waals surface area contributed by atoms with Crippen molar-refractivity contribution in [3.63, 3.8) is 0 Å². The van der Waals surface area contributed by atoms with Crippen LogP contribution in [0.4, 0.5) is 0 Å². The van der Waals surface area contributed by atoms with E-state index in [0.29, 0.717) is 12.8 Å². The summed E-state index contributed by atoms with van der Waals surface area (Å²) >= 11 is 0. The fourth-order valence-corrected chi connectivity index (χ4v) is 0.471. The molecule has 0 bridgehead atoms. The molecule has 0 saturated carbocycles. The molecular formula is C5H10N2O3. The number of carbonyl (C=O) groups is 1. The van der Waals surface area contributed by atoms with Crippen LogP contribution in [0.2, 0.25) is 0 Å². The molecule has 58 valence electrons. The van der Waals surface area contributed by atoms with Crippen molar-refractivity contribution in [3.05, 3.63) is 0 Å². The number of aliphatic carboxylic acids is 1. The van der Waals surface area contributed by atoms with Gasteiger partial charge in [-0.05, 0) is 6.42 Å². The minimum Gasteiger partial charge on any atom is -0.481 e. The zero-order valence-electron chi connectivity index (χ0n) is 5.45. The molecule has 10 heavy (non-hydrogen) atoms. The number of rotatable bonds is 4. The van der Waals surface area contributed by atoms with E-state index in [1.54, 1.807) is 0 Å². The molecule has 0 rings (SSSR count). The lowest BCUT2D eigenvalue weighted by Gasteiger charge is -1.93. The molecule has 0 atom stereocenters. The Bertz CT molecular complexity index is 144. The third kappa shape index (κ3) is 4.89. The summed E-state index contributed by atoms with van der Waals surface area (Å²) in [6.07, 6.45) is 0.782. The monoisotopic (exact) mass is 146 g/mol. The second-order valence-corrected chi connectivity index (χ2v) is 1.84. The topological polar surface area (TPSA) is 95.9 Å². The fourth-order valence-electron chi connectivity index (χ4n) is 0.471. The molecule has 0 aliphatic rings. The van der Waals surface area contributed by atoms with E-state index in [1.807, 2.05) is 0 Å². The normalized spacial score (nSPS) is 11.4. The van der Waals surface area contributed by atoms with Crippen molar-refractivity contribution in [1.29, 1.82) is 0 Å². The van der Waals surface area contributed by atoms with E-state index in [4.69, 9.17) is 16.0 Å². The van der Waals surface area contributed by atoms with Crippen molar-refractivity contribution in [2.24, 2.45) is 10.9 Å². The maximum absolute atomic E-state index is 9.93. The molecule has 0 aromatic rings. The molecule has 0 spiro atoms. The minimum atomic E-state index is -0.870. The molecule has 0 heterocycles. The number of nitrogens with two attached hydrogens (primary N) is 1. The quantitative estimate of drug-likeness (QED) is 0.225. The van der Waals surface area contributed by atoms with E-state index < -0.39 is 5.97 Å². The third-order valence-electron chi connectivity index (χ3n) is 0.952. The van der Waals surface area contributed by atoms with Gasteiger partial charge in [0, 0.05) is 12.8 Å². The van der Waals surface area contributed by atoms with Crippen molar-refractivity contribution in [1.82, 2.24) is 0 Å². The van der Waals surface area contributed by atoms with Crippen molar-refractivity contribution in [2.45, 2.75) is 19.3 Å². The number of nitrogens with zero attached hydrogens (tertiary/aromatic N) is 1. The number of amidine groups is 1. The maximum atomic E-state index is 9.93. The first-order valence-corrected chi connectivity index (χ1v) is 2.85. The van der Waals surface area contributed by atoms with Crippen LogP contribution in [-0.2, 0) is 4.79 Å². The highest BCUT2D eigenvalue weighted by Gasteiger charge is 1.97. The molecule has 4 N–H and O–H groups in total. The summed E-state index contributed by atoms with van der Waals surface area (Å²) in [5.41, 5.74) is 5.07. The summed E-state index contributed by atoms with van der Waals surface area (Å²) in [7, 11) is 0. The molecule has 0 aromatic carbocycles. The summed E-state index contributed by atoms with van der Waals surface area (Å²) in [6.45, 7) is 0. The summed E-state index contributed by atoms with van der Waals surface area (Å²) in [5.74, 6) is -0.799. The third-order valence-corrected chi connectivity index (χ3v) is 0.952. The predicted octanol–water partition coefficient (Wildman–Crippen LogP) is -0.0123. The van der Waals surface area contributed by atoms with E-state index in [1.165, 1.54) is 0 Å². The molecule has 0 radical (unpaired) electrons. The number of carboxylic acid groups (broad SMARTS) is 1. The second kappa shape index (κ2) is 4.60. The number of hydrogen-bond donors (Lipinski definition) is 3. The zero-order chi connectivity index (χ0) is 7.98.